The zero-order valence-electron chi connectivity index (χ0n) is 9.87. The number of nitrogens with one attached hydrogen (secondary N) is 1. The van der Waals surface area contributed by atoms with Crippen LogP contribution in [0.1, 0.15) is 29.6 Å². The second-order valence-corrected chi connectivity index (χ2v) is 4.74. The van der Waals surface area contributed by atoms with Crippen molar-refractivity contribution in [3.8, 4) is 0 Å². The Balaban J connectivity index is 1.87. The van der Waals surface area contributed by atoms with Crippen molar-refractivity contribution in [2.24, 2.45) is 0 Å². The number of carbonyl (C=O) groups is 2. The number of hydrogen-bond acceptors (Lipinski definition) is 4. The van der Waals surface area contributed by atoms with Crippen molar-refractivity contribution in [1.82, 2.24) is 20.4 Å². The van der Waals surface area contributed by atoms with Gasteiger partial charge in [-0.1, -0.05) is 0 Å². The molecular formula is C12H14N4O2. The number of fused-ring (bicyclic) bond motifs is 2. The number of carbonyl (C=O) groups excluding carboxylic acids is 2. The molecule has 3 heterocycles. The summed E-state index contributed by atoms with van der Waals surface area (Å²) in [5.74, 6) is -0.0123. The molecule has 0 spiro atoms. The van der Waals surface area contributed by atoms with Gasteiger partial charge in [-0.3, -0.25) is 9.59 Å². The molecule has 0 saturated carbocycles. The molecule has 3 rings (SSSR count). The van der Waals surface area contributed by atoms with Crippen LogP contribution in [0, 0.1) is 0 Å². The Bertz CT molecular complexity index is 476. The van der Waals surface area contributed by atoms with Crippen LogP contribution in [-0.2, 0) is 4.79 Å². The van der Waals surface area contributed by atoms with Crippen LogP contribution in [0.25, 0.3) is 0 Å². The van der Waals surface area contributed by atoms with E-state index in [1.807, 2.05) is 4.90 Å². The monoisotopic (exact) mass is 246 g/mol. The number of rotatable bonds is 1. The second-order valence-electron chi connectivity index (χ2n) is 4.74. The quantitative estimate of drug-likeness (QED) is 0.755. The van der Waals surface area contributed by atoms with Crippen LogP contribution in [0.5, 0.6) is 0 Å². The molecule has 6 nitrogen and oxygen atoms in total. The Kier molecular flexibility index (Phi) is 2.70. The molecule has 18 heavy (non-hydrogen) atoms. The Hall–Kier alpha value is -1.98. The van der Waals surface area contributed by atoms with E-state index in [9.17, 15) is 9.59 Å². The zero-order valence-corrected chi connectivity index (χ0v) is 9.87. The third kappa shape index (κ3) is 1.83. The largest absolute Gasteiger partial charge is 0.354 e. The van der Waals surface area contributed by atoms with Crippen molar-refractivity contribution in [2.75, 3.05) is 6.54 Å². The van der Waals surface area contributed by atoms with Gasteiger partial charge >= 0.3 is 0 Å². The normalized spacial score (nSPS) is 26.7. The van der Waals surface area contributed by atoms with Crippen LogP contribution in [-0.4, -0.2) is 45.5 Å². The number of amides is 2. The highest BCUT2D eigenvalue weighted by Gasteiger charge is 2.40. The minimum atomic E-state index is -0.0473. The van der Waals surface area contributed by atoms with Crippen LogP contribution in [0.15, 0.2) is 18.5 Å². The summed E-state index contributed by atoms with van der Waals surface area (Å²) in [6.45, 7) is 0.555. The fourth-order valence-corrected chi connectivity index (χ4v) is 2.78. The minimum Gasteiger partial charge on any atom is -0.354 e. The van der Waals surface area contributed by atoms with Gasteiger partial charge < -0.3 is 10.2 Å². The predicted molar refractivity (Wildman–Crippen MR) is 62.6 cm³/mol. The van der Waals surface area contributed by atoms with E-state index in [0.29, 0.717) is 18.5 Å². The van der Waals surface area contributed by atoms with Crippen LogP contribution < -0.4 is 5.32 Å². The molecule has 1 aromatic rings. The summed E-state index contributed by atoms with van der Waals surface area (Å²) in [7, 11) is 0. The minimum absolute atomic E-state index is 0.0261. The van der Waals surface area contributed by atoms with E-state index in [4.69, 9.17) is 0 Å². The third-order valence-corrected chi connectivity index (χ3v) is 3.64. The van der Waals surface area contributed by atoms with E-state index in [1.54, 1.807) is 6.07 Å². The summed E-state index contributed by atoms with van der Waals surface area (Å²) in [4.78, 5) is 25.8. The molecule has 2 bridgehead atoms. The topological polar surface area (TPSA) is 75.2 Å². The molecule has 2 atom stereocenters. The Morgan fingerprint density at radius 2 is 2.17 bits per heavy atom. The van der Waals surface area contributed by atoms with E-state index in [0.717, 1.165) is 12.8 Å². The Labute approximate surface area is 104 Å². The number of nitrogens with zero attached hydrogens (tertiary/aromatic N) is 3. The highest BCUT2D eigenvalue weighted by Crippen LogP contribution is 2.29. The zero-order chi connectivity index (χ0) is 12.5. The maximum atomic E-state index is 12.4. The van der Waals surface area contributed by atoms with Crippen molar-refractivity contribution in [3.63, 3.8) is 0 Å². The first-order chi connectivity index (χ1) is 8.75. The molecule has 2 amide bonds. The van der Waals surface area contributed by atoms with Crippen molar-refractivity contribution >= 4 is 11.8 Å². The first kappa shape index (κ1) is 11.1. The fourth-order valence-electron chi connectivity index (χ4n) is 2.78. The average Bonchev–Trinajstić information content (AvgIpc) is 2.70. The van der Waals surface area contributed by atoms with Crippen LogP contribution in [0.3, 0.4) is 0 Å². The predicted octanol–water partition coefficient (Wildman–Crippen LogP) is -0.0303. The van der Waals surface area contributed by atoms with Gasteiger partial charge in [-0.15, -0.1) is 0 Å². The number of hydrogen-bond donors (Lipinski definition) is 1. The highest BCUT2D eigenvalue weighted by molar-refractivity contribution is 5.95. The summed E-state index contributed by atoms with van der Waals surface area (Å²) in [5, 5.41) is 10.3. The second kappa shape index (κ2) is 4.36. The summed E-state index contributed by atoms with van der Waals surface area (Å²) >= 11 is 0. The lowest BCUT2D eigenvalue weighted by atomic mass is 10.1. The van der Waals surface area contributed by atoms with Crippen molar-refractivity contribution in [2.45, 2.75) is 31.3 Å². The molecule has 94 valence electrons. The summed E-state index contributed by atoms with van der Waals surface area (Å²) in [5.41, 5.74) is 0.538. The maximum Gasteiger partial charge on any atom is 0.256 e. The van der Waals surface area contributed by atoms with Gasteiger partial charge in [-0.05, 0) is 18.9 Å². The molecule has 0 unspecified atom stereocenters. The Morgan fingerprint density at radius 1 is 1.33 bits per heavy atom. The fraction of sp³-hybridized carbons (Fsp3) is 0.500. The molecule has 2 aliphatic rings. The lowest BCUT2D eigenvalue weighted by molar-refractivity contribution is -0.121. The lowest BCUT2D eigenvalue weighted by Gasteiger charge is -2.27. The molecular weight excluding hydrogens is 232 g/mol. The van der Waals surface area contributed by atoms with Crippen LogP contribution in [0.4, 0.5) is 0 Å². The van der Waals surface area contributed by atoms with Gasteiger partial charge in [-0.2, -0.15) is 10.2 Å². The SMILES string of the molecule is O=C1C[C@@H]2CC[C@H](CN1)N2C(=O)c1ccnnc1. The number of aromatic nitrogens is 2. The van der Waals surface area contributed by atoms with E-state index < -0.39 is 0 Å². The van der Waals surface area contributed by atoms with Crippen LogP contribution in [0.2, 0.25) is 0 Å². The molecule has 2 aliphatic heterocycles. The van der Waals surface area contributed by atoms with Gasteiger partial charge in [0.05, 0.1) is 18.0 Å². The third-order valence-electron chi connectivity index (χ3n) is 3.64. The summed E-state index contributed by atoms with van der Waals surface area (Å²) < 4.78 is 0. The van der Waals surface area contributed by atoms with Gasteiger partial charge in [0, 0.05) is 25.0 Å². The molecule has 2 saturated heterocycles. The van der Waals surface area contributed by atoms with Gasteiger partial charge in [0.1, 0.15) is 0 Å². The maximum absolute atomic E-state index is 12.4. The molecule has 1 aromatic heterocycles. The smallest absolute Gasteiger partial charge is 0.256 e. The standard InChI is InChI=1S/C12H14N4O2/c17-11-5-9-1-2-10(7-13-11)16(9)12(18)8-3-4-14-15-6-8/h3-4,6,9-10H,1-2,5,7H2,(H,13,17)/t9-,10+/m0/s1. The van der Waals surface area contributed by atoms with Gasteiger partial charge in [0.2, 0.25) is 5.91 Å². The first-order valence-electron chi connectivity index (χ1n) is 6.12. The molecule has 0 aromatic carbocycles. The molecule has 1 N–H and O–H groups in total. The van der Waals surface area contributed by atoms with Gasteiger partial charge in [0.15, 0.2) is 0 Å². The van der Waals surface area contributed by atoms with Crippen molar-refractivity contribution in [3.05, 3.63) is 24.0 Å². The van der Waals surface area contributed by atoms with Crippen molar-refractivity contribution in [1.29, 1.82) is 0 Å². The van der Waals surface area contributed by atoms with Crippen molar-refractivity contribution < 1.29 is 9.59 Å². The van der Waals surface area contributed by atoms with E-state index >= 15 is 0 Å². The molecule has 0 aliphatic carbocycles. The molecule has 2 fully saturated rings. The summed E-state index contributed by atoms with van der Waals surface area (Å²) in [6.07, 6.45) is 5.25. The van der Waals surface area contributed by atoms with Gasteiger partial charge in [-0.25, -0.2) is 0 Å². The highest BCUT2D eigenvalue weighted by atomic mass is 16.2. The average molecular weight is 246 g/mol. The molecule has 6 heteroatoms. The Morgan fingerprint density at radius 3 is 2.94 bits per heavy atom. The molecule has 0 radical (unpaired) electrons. The van der Waals surface area contributed by atoms with E-state index in [2.05, 4.69) is 15.5 Å². The first-order valence-corrected chi connectivity index (χ1v) is 6.12. The van der Waals surface area contributed by atoms with E-state index in [-0.39, 0.29) is 23.9 Å². The lowest BCUT2D eigenvalue weighted by Crippen LogP contribution is -2.42. The summed E-state index contributed by atoms with van der Waals surface area (Å²) in [6, 6.07) is 1.80. The van der Waals surface area contributed by atoms with E-state index in [1.165, 1.54) is 12.4 Å². The van der Waals surface area contributed by atoms with Crippen LogP contribution >= 0.6 is 0 Å². The van der Waals surface area contributed by atoms with Gasteiger partial charge in [0.25, 0.3) is 5.91 Å².